The minimum Gasteiger partial charge on any atom is -0.347 e. The van der Waals surface area contributed by atoms with Crippen LogP contribution in [0.3, 0.4) is 0 Å². The van der Waals surface area contributed by atoms with Gasteiger partial charge in [0.15, 0.2) is 0 Å². The molecule has 114 valence electrons. The SMILES string of the molecule is CNC(C)c1ccc(S(=O)(=O)N(C)Cc2ncc[nH]2)cc1. The van der Waals surface area contributed by atoms with E-state index < -0.39 is 10.0 Å². The Kier molecular flexibility index (Phi) is 4.76. The fraction of sp³-hybridized carbons (Fsp3) is 0.357. The Hall–Kier alpha value is -1.70. The lowest BCUT2D eigenvalue weighted by atomic mass is 10.1. The summed E-state index contributed by atoms with van der Waals surface area (Å²) in [4.78, 5) is 7.22. The number of nitrogens with one attached hydrogen (secondary N) is 2. The Balaban J connectivity index is 2.18. The van der Waals surface area contributed by atoms with Crippen LogP contribution < -0.4 is 5.32 Å². The Morgan fingerprint density at radius 1 is 1.33 bits per heavy atom. The second-order valence-electron chi connectivity index (χ2n) is 4.88. The summed E-state index contributed by atoms with van der Waals surface area (Å²) in [5.41, 5.74) is 1.05. The first-order chi connectivity index (χ1) is 9.95. The molecule has 0 fully saturated rings. The quantitative estimate of drug-likeness (QED) is 0.848. The van der Waals surface area contributed by atoms with Crippen molar-refractivity contribution in [1.29, 1.82) is 0 Å². The van der Waals surface area contributed by atoms with Crippen molar-refractivity contribution in [2.75, 3.05) is 14.1 Å². The van der Waals surface area contributed by atoms with Crippen molar-refractivity contribution < 1.29 is 8.42 Å². The normalized spacial score (nSPS) is 13.5. The van der Waals surface area contributed by atoms with Crippen LogP contribution >= 0.6 is 0 Å². The zero-order chi connectivity index (χ0) is 15.5. The maximum Gasteiger partial charge on any atom is 0.243 e. The van der Waals surface area contributed by atoms with Gasteiger partial charge in [-0.25, -0.2) is 13.4 Å². The summed E-state index contributed by atoms with van der Waals surface area (Å²) >= 11 is 0. The van der Waals surface area contributed by atoms with E-state index in [1.807, 2.05) is 26.1 Å². The number of H-pyrrole nitrogens is 1. The van der Waals surface area contributed by atoms with Gasteiger partial charge in [-0.05, 0) is 31.7 Å². The van der Waals surface area contributed by atoms with E-state index in [0.717, 1.165) is 5.56 Å². The van der Waals surface area contributed by atoms with Gasteiger partial charge in [-0.3, -0.25) is 0 Å². The standard InChI is InChI=1S/C14H20N4O2S/c1-11(15-2)12-4-6-13(7-5-12)21(19,20)18(3)10-14-16-8-9-17-14/h4-9,11,15H,10H2,1-3H3,(H,16,17). The molecule has 1 aromatic carbocycles. The molecule has 0 radical (unpaired) electrons. The number of sulfonamides is 1. The third kappa shape index (κ3) is 3.49. The third-order valence-corrected chi connectivity index (χ3v) is 5.27. The van der Waals surface area contributed by atoms with E-state index in [9.17, 15) is 8.42 Å². The molecule has 1 atom stereocenters. The minimum atomic E-state index is -3.51. The molecule has 0 aliphatic rings. The van der Waals surface area contributed by atoms with Crippen LogP contribution in [0.2, 0.25) is 0 Å². The van der Waals surface area contributed by atoms with E-state index in [1.54, 1.807) is 31.6 Å². The van der Waals surface area contributed by atoms with Crippen molar-refractivity contribution in [3.05, 3.63) is 48.0 Å². The van der Waals surface area contributed by atoms with Crippen LogP contribution in [0.25, 0.3) is 0 Å². The second-order valence-corrected chi connectivity index (χ2v) is 6.92. The Morgan fingerprint density at radius 2 is 2.00 bits per heavy atom. The number of hydrogen-bond donors (Lipinski definition) is 2. The first-order valence-corrected chi connectivity index (χ1v) is 8.11. The predicted molar refractivity (Wildman–Crippen MR) is 81.2 cm³/mol. The summed E-state index contributed by atoms with van der Waals surface area (Å²) in [5, 5.41) is 3.12. The van der Waals surface area contributed by atoms with Gasteiger partial charge in [-0.15, -0.1) is 0 Å². The fourth-order valence-electron chi connectivity index (χ4n) is 1.96. The molecule has 0 saturated heterocycles. The lowest BCUT2D eigenvalue weighted by Crippen LogP contribution is -2.27. The maximum atomic E-state index is 12.5. The van der Waals surface area contributed by atoms with E-state index in [4.69, 9.17) is 0 Å². The maximum absolute atomic E-state index is 12.5. The molecule has 0 spiro atoms. The summed E-state index contributed by atoms with van der Waals surface area (Å²) in [6, 6.07) is 7.11. The molecule has 2 N–H and O–H groups in total. The molecule has 0 amide bonds. The largest absolute Gasteiger partial charge is 0.347 e. The van der Waals surface area contributed by atoms with Gasteiger partial charge < -0.3 is 10.3 Å². The first-order valence-electron chi connectivity index (χ1n) is 6.67. The Bertz CT molecular complexity index is 666. The summed E-state index contributed by atoms with van der Waals surface area (Å²) in [6.45, 7) is 2.23. The molecule has 0 bridgehead atoms. The average Bonchev–Trinajstić information content (AvgIpc) is 2.99. The van der Waals surface area contributed by atoms with Gasteiger partial charge >= 0.3 is 0 Å². The number of hydrogen-bond acceptors (Lipinski definition) is 4. The van der Waals surface area contributed by atoms with Crippen molar-refractivity contribution in [2.45, 2.75) is 24.4 Å². The van der Waals surface area contributed by atoms with E-state index in [0.29, 0.717) is 5.82 Å². The van der Waals surface area contributed by atoms with Gasteiger partial charge in [0.2, 0.25) is 10.0 Å². The van der Waals surface area contributed by atoms with Gasteiger partial charge in [-0.2, -0.15) is 4.31 Å². The molecule has 2 aromatic rings. The molecule has 1 unspecified atom stereocenters. The number of nitrogens with zero attached hydrogens (tertiary/aromatic N) is 2. The van der Waals surface area contributed by atoms with Crippen LogP contribution in [0.5, 0.6) is 0 Å². The van der Waals surface area contributed by atoms with Gasteiger partial charge in [0.1, 0.15) is 5.82 Å². The topological polar surface area (TPSA) is 78.1 Å². The molecular formula is C14H20N4O2S. The average molecular weight is 308 g/mol. The smallest absolute Gasteiger partial charge is 0.243 e. The molecule has 6 nitrogen and oxygen atoms in total. The van der Waals surface area contributed by atoms with Crippen LogP contribution in [0.1, 0.15) is 24.4 Å². The lowest BCUT2D eigenvalue weighted by molar-refractivity contribution is 0.458. The first kappa shape index (κ1) is 15.7. The Morgan fingerprint density at radius 3 is 2.52 bits per heavy atom. The number of aromatic nitrogens is 2. The van der Waals surface area contributed by atoms with Crippen LogP contribution in [0, 0.1) is 0 Å². The molecule has 21 heavy (non-hydrogen) atoms. The van der Waals surface area contributed by atoms with Crippen LogP contribution in [-0.4, -0.2) is 36.8 Å². The number of benzene rings is 1. The Labute approximate surface area is 125 Å². The molecule has 2 rings (SSSR count). The molecule has 0 saturated carbocycles. The summed E-state index contributed by atoms with van der Waals surface area (Å²) < 4.78 is 26.2. The summed E-state index contributed by atoms with van der Waals surface area (Å²) in [6.07, 6.45) is 3.27. The lowest BCUT2D eigenvalue weighted by Gasteiger charge is -2.17. The van der Waals surface area contributed by atoms with Crippen molar-refractivity contribution in [3.63, 3.8) is 0 Å². The molecule has 7 heteroatoms. The highest BCUT2D eigenvalue weighted by Crippen LogP contribution is 2.19. The second kappa shape index (κ2) is 6.38. The van der Waals surface area contributed by atoms with Crippen LogP contribution in [0.15, 0.2) is 41.6 Å². The highest BCUT2D eigenvalue weighted by Gasteiger charge is 2.21. The fourth-order valence-corrected chi connectivity index (χ4v) is 3.09. The van der Waals surface area contributed by atoms with Gasteiger partial charge in [0.05, 0.1) is 11.4 Å². The predicted octanol–water partition coefficient (Wildman–Crippen LogP) is 1.51. The minimum absolute atomic E-state index is 0.183. The molecule has 0 aliphatic heterocycles. The monoisotopic (exact) mass is 308 g/mol. The molecular weight excluding hydrogens is 288 g/mol. The van der Waals surface area contributed by atoms with Crippen molar-refractivity contribution in [1.82, 2.24) is 19.6 Å². The zero-order valence-electron chi connectivity index (χ0n) is 12.4. The molecule has 1 heterocycles. The molecule has 0 aliphatic carbocycles. The van der Waals surface area contributed by atoms with Crippen molar-refractivity contribution in [3.8, 4) is 0 Å². The van der Waals surface area contributed by atoms with Crippen LogP contribution in [-0.2, 0) is 16.6 Å². The molecule has 1 aromatic heterocycles. The van der Waals surface area contributed by atoms with Gasteiger partial charge in [0.25, 0.3) is 0 Å². The number of aromatic amines is 1. The zero-order valence-corrected chi connectivity index (χ0v) is 13.2. The highest BCUT2D eigenvalue weighted by atomic mass is 32.2. The number of imidazole rings is 1. The highest BCUT2D eigenvalue weighted by molar-refractivity contribution is 7.89. The van der Waals surface area contributed by atoms with Gasteiger partial charge in [0, 0.05) is 25.5 Å². The third-order valence-electron chi connectivity index (χ3n) is 3.45. The summed E-state index contributed by atoms with van der Waals surface area (Å²) in [7, 11) is -0.100. The van der Waals surface area contributed by atoms with E-state index in [1.165, 1.54) is 4.31 Å². The van der Waals surface area contributed by atoms with E-state index in [2.05, 4.69) is 15.3 Å². The van der Waals surface area contributed by atoms with Crippen LogP contribution in [0.4, 0.5) is 0 Å². The van der Waals surface area contributed by atoms with Crippen molar-refractivity contribution in [2.24, 2.45) is 0 Å². The van der Waals surface area contributed by atoms with Crippen molar-refractivity contribution >= 4 is 10.0 Å². The van der Waals surface area contributed by atoms with E-state index >= 15 is 0 Å². The van der Waals surface area contributed by atoms with Gasteiger partial charge in [-0.1, -0.05) is 12.1 Å². The number of rotatable bonds is 6. The summed E-state index contributed by atoms with van der Waals surface area (Å²) in [5.74, 6) is 0.613. The van der Waals surface area contributed by atoms with E-state index in [-0.39, 0.29) is 17.5 Å².